The Morgan fingerprint density at radius 2 is 0.640 bits per heavy atom. The fraction of sp³-hybridized carbons (Fsp3) is 0. The maximum atomic E-state index is 2.60. The van der Waals surface area contributed by atoms with Crippen molar-refractivity contribution in [3.63, 3.8) is 0 Å². The van der Waals surface area contributed by atoms with Gasteiger partial charge >= 0.3 is 6.85 Å². The zero-order valence-electron chi connectivity index (χ0n) is 27.5. The summed E-state index contributed by atoms with van der Waals surface area (Å²) < 4.78 is 0. The van der Waals surface area contributed by atoms with Gasteiger partial charge in [0.2, 0.25) is 0 Å². The van der Waals surface area contributed by atoms with Gasteiger partial charge < -0.3 is 4.81 Å². The van der Waals surface area contributed by atoms with Crippen LogP contribution in [0, 0.1) is 0 Å². The Labute approximate surface area is 293 Å². The molecule has 2 aliphatic rings. The highest BCUT2D eigenvalue weighted by molar-refractivity contribution is 6.92. The predicted octanol–water partition coefficient (Wildman–Crippen LogP) is 11.3. The summed E-state index contributed by atoms with van der Waals surface area (Å²) in [4.78, 5) is 2.60. The van der Waals surface area contributed by atoms with Gasteiger partial charge in [-0.05, 0) is 90.8 Å². The molecule has 0 radical (unpaired) electrons. The van der Waals surface area contributed by atoms with E-state index in [1.807, 2.05) is 0 Å². The normalized spacial score (nSPS) is 12.3. The molecular formula is C48H32BN. The average molecular weight is 634 g/mol. The highest BCUT2D eigenvalue weighted by atomic mass is 15.1. The van der Waals surface area contributed by atoms with E-state index in [0.29, 0.717) is 0 Å². The Morgan fingerprint density at radius 1 is 0.260 bits per heavy atom. The van der Waals surface area contributed by atoms with Crippen LogP contribution in [0.3, 0.4) is 0 Å². The minimum absolute atomic E-state index is 0.0369. The Balaban J connectivity index is 1.18. The van der Waals surface area contributed by atoms with E-state index in [1.54, 1.807) is 0 Å². The summed E-state index contributed by atoms with van der Waals surface area (Å²) >= 11 is 0. The third kappa shape index (κ3) is 4.64. The summed E-state index contributed by atoms with van der Waals surface area (Å²) in [5.74, 6) is 0. The van der Waals surface area contributed by atoms with Crippen LogP contribution in [0.4, 0.5) is 11.4 Å². The van der Waals surface area contributed by atoms with Crippen LogP contribution < -0.4 is 15.7 Å². The number of anilines is 2. The van der Waals surface area contributed by atoms with Crippen molar-refractivity contribution >= 4 is 29.1 Å². The zero-order chi connectivity index (χ0) is 33.0. The quantitative estimate of drug-likeness (QED) is 0.174. The second kappa shape index (κ2) is 11.6. The highest BCUT2D eigenvalue weighted by Crippen LogP contribution is 2.48. The van der Waals surface area contributed by atoms with Crippen LogP contribution in [0.2, 0.25) is 0 Å². The molecule has 0 aromatic heterocycles. The van der Waals surface area contributed by atoms with Gasteiger partial charge in [-0.15, -0.1) is 0 Å². The molecule has 0 atom stereocenters. The molecule has 232 valence electrons. The lowest BCUT2D eigenvalue weighted by Crippen LogP contribution is -2.59. The van der Waals surface area contributed by atoms with E-state index in [0.717, 1.165) is 0 Å². The van der Waals surface area contributed by atoms with Gasteiger partial charge in [-0.2, -0.15) is 0 Å². The Kier molecular flexibility index (Phi) is 6.67. The van der Waals surface area contributed by atoms with E-state index in [2.05, 4.69) is 199 Å². The number of benzene rings is 8. The number of rotatable bonds is 4. The molecule has 2 aliphatic heterocycles. The average Bonchev–Trinajstić information content (AvgIpc) is 3.21. The van der Waals surface area contributed by atoms with Crippen LogP contribution in [0.15, 0.2) is 194 Å². The SMILES string of the molecule is c1ccc(-c2ccc(-c3ccc4c(c3)B3c5ccccc5-c5cc(-c6ccccc6)ccc5N3c3ccc(-c5ccccc5)cc3-4)cc2)cc1. The van der Waals surface area contributed by atoms with E-state index < -0.39 is 0 Å². The van der Waals surface area contributed by atoms with Crippen LogP contribution in [0.5, 0.6) is 0 Å². The Morgan fingerprint density at radius 3 is 1.20 bits per heavy atom. The van der Waals surface area contributed by atoms with Gasteiger partial charge in [0.15, 0.2) is 0 Å². The molecule has 0 aliphatic carbocycles. The lowest BCUT2D eigenvalue weighted by molar-refractivity contribution is 1.35. The van der Waals surface area contributed by atoms with Crippen LogP contribution in [-0.4, -0.2) is 6.85 Å². The van der Waals surface area contributed by atoms with Gasteiger partial charge in [0.1, 0.15) is 0 Å². The van der Waals surface area contributed by atoms with Crippen molar-refractivity contribution in [1.82, 2.24) is 0 Å². The summed E-state index contributed by atoms with van der Waals surface area (Å²) in [5.41, 5.74) is 20.1. The topological polar surface area (TPSA) is 3.24 Å². The summed E-state index contributed by atoms with van der Waals surface area (Å²) in [7, 11) is 0. The van der Waals surface area contributed by atoms with Gasteiger partial charge in [-0.25, -0.2) is 0 Å². The molecule has 2 heteroatoms. The maximum absolute atomic E-state index is 2.60. The summed E-state index contributed by atoms with van der Waals surface area (Å²) in [6, 6.07) is 71.3. The van der Waals surface area contributed by atoms with Crippen molar-refractivity contribution in [3.8, 4) is 66.8 Å². The van der Waals surface area contributed by atoms with Crippen molar-refractivity contribution in [3.05, 3.63) is 194 Å². The van der Waals surface area contributed by atoms with Crippen molar-refractivity contribution in [2.45, 2.75) is 0 Å². The Hall–Kier alpha value is -6.38. The van der Waals surface area contributed by atoms with E-state index in [4.69, 9.17) is 0 Å². The van der Waals surface area contributed by atoms with Gasteiger partial charge in [0, 0.05) is 22.5 Å². The van der Waals surface area contributed by atoms with Crippen molar-refractivity contribution < 1.29 is 0 Å². The minimum Gasteiger partial charge on any atom is -0.376 e. The third-order valence-electron chi connectivity index (χ3n) is 10.5. The first kappa shape index (κ1) is 28.6. The Bertz CT molecular complexity index is 2520. The van der Waals surface area contributed by atoms with Gasteiger partial charge in [-0.1, -0.05) is 170 Å². The summed E-state index contributed by atoms with van der Waals surface area (Å²) in [5, 5.41) is 0. The molecule has 0 N–H and O–H groups in total. The summed E-state index contributed by atoms with van der Waals surface area (Å²) in [6.45, 7) is 0.0369. The standard InChI is InChI=1S/C48H32BN/c1-4-12-33(13-5-1)36-20-22-37(23-21-36)40-24-27-42-44-31-39(35-16-8-3-9-17-35)26-29-48(44)50-47-28-25-38(34-14-6-2-7-15-34)30-43(47)41-18-10-11-19-45(41)49(50)46(42)32-40/h1-32H. The van der Waals surface area contributed by atoms with E-state index >= 15 is 0 Å². The molecule has 0 amide bonds. The van der Waals surface area contributed by atoms with Crippen LogP contribution >= 0.6 is 0 Å². The largest absolute Gasteiger partial charge is 0.376 e. The minimum atomic E-state index is 0.0369. The van der Waals surface area contributed by atoms with Gasteiger partial charge in [0.05, 0.1) is 0 Å². The first-order valence-corrected chi connectivity index (χ1v) is 17.4. The molecule has 2 heterocycles. The van der Waals surface area contributed by atoms with E-state index in [1.165, 1.54) is 89.1 Å². The lowest BCUT2D eigenvalue weighted by atomic mass is 9.43. The number of hydrogen-bond donors (Lipinski definition) is 0. The van der Waals surface area contributed by atoms with Gasteiger partial charge in [-0.3, -0.25) is 0 Å². The molecule has 0 fully saturated rings. The van der Waals surface area contributed by atoms with Crippen molar-refractivity contribution in [2.75, 3.05) is 4.81 Å². The monoisotopic (exact) mass is 633 g/mol. The molecule has 1 nitrogen and oxygen atoms in total. The molecule has 0 saturated carbocycles. The maximum Gasteiger partial charge on any atom is 0.329 e. The van der Waals surface area contributed by atoms with Crippen molar-refractivity contribution in [2.24, 2.45) is 0 Å². The van der Waals surface area contributed by atoms with Crippen LogP contribution in [0.25, 0.3) is 66.8 Å². The van der Waals surface area contributed by atoms with Crippen LogP contribution in [0.1, 0.15) is 0 Å². The molecule has 50 heavy (non-hydrogen) atoms. The fourth-order valence-electron chi connectivity index (χ4n) is 8.08. The van der Waals surface area contributed by atoms with E-state index in [9.17, 15) is 0 Å². The lowest BCUT2D eigenvalue weighted by Gasteiger charge is -2.43. The molecule has 0 saturated heterocycles. The number of nitrogens with zero attached hydrogens (tertiary/aromatic N) is 1. The second-order valence-electron chi connectivity index (χ2n) is 13.3. The molecule has 0 bridgehead atoms. The second-order valence-corrected chi connectivity index (χ2v) is 13.3. The highest BCUT2D eigenvalue weighted by Gasteiger charge is 2.42. The molecule has 8 aromatic rings. The van der Waals surface area contributed by atoms with Crippen molar-refractivity contribution in [1.29, 1.82) is 0 Å². The molecule has 10 rings (SSSR count). The van der Waals surface area contributed by atoms with Crippen LogP contribution in [-0.2, 0) is 0 Å². The molecule has 8 aromatic carbocycles. The first-order chi connectivity index (χ1) is 24.8. The van der Waals surface area contributed by atoms with Gasteiger partial charge in [0.25, 0.3) is 0 Å². The number of fused-ring (bicyclic) bond motifs is 11. The molecule has 0 unspecified atom stereocenters. The third-order valence-corrected chi connectivity index (χ3v) is 10.5. The molecular weight excluding hydrogens is 601 g/mol. The van der Waals surface area contributed by atoms with E-state index in [-0.39, 0.29) is 6.85 Å². The smallest absolute Gasteiger partial charge is 0.329 e. The first-order valence-electron chi connectivity index (χ1n) is 17.4. The predicted molar refractivity (Wildman–Crippen MR) is 213 cm³/mol. The summed E-state index contributed by atoms with van der Waals surface area (Å²) in [6.07, 6.45) is 0. The fourth-order valence-corrected chi connectivity index (χ4v) is 8.08. The molecule has 0 spiro atoms. The zero-order valence-corrected chi connectivity index (χ0v) is 27.5. The number of hydrogen-bond acceptors (Lipinski definition) is 1.